The molecule has 0 bridgehead atoms. The van der Waals surface area contributed by atoms with Gasteiger partial charge in [-0.05, 0) is 24.3 Å². The van der Waals surface area contributed by atoms with E-state index < -0.39 is 0 Å². The van der Waals surface area contributed by atoms with E-state index in [-0.39, 0.29) is 0 Å². The smallest absolute Gasteiger partial charge is 0.0880 e. The summed E-state index contributed by atoms with van der Waals surface area (Å²) in [6, 6.07) is 20.0. The van der Waals surface area contributed by atoms with E-state index in [0.717, 1.165) is 11.4 Å². The molecule has 0 aliphatic heterocycles. The van der Waals surface area contributed by atoms with Gasteiger partial charge in [-0.2, -0.15) is 5.17 Å². The maximum atomic E-state index is 5.41. The van der Waals surface area contributed by atoms with E-state index in [2.05, 4.69) is 0 Å². The average molecular weight is 228 g/mol. The van der Waals surface area contributed by atoms with Crippen LogP contribution in [0, 0.1) is 0 Å². The molecule has 0 aliphatic rings. The largest absolute Gasteiger partial charge is 0.265 e. The van der Waals surface area contributed by atoms with Gasteiger partial charge in [-0.3, -0.25) is 9.85 Å². The number of hydrazine groups is 1. The molecule has 2 aromatic carbocycles. The molecule has 0 spiro atoms. The van der Waals surface area contributed by atoms with E-state index in [1.807, 2.05) is 72.7 Å². The minimum Gasteiger partial charge on any atom is -0.265 e. The molecule has 0 atom stereocenters. The Morgan fingerprint density at radius 2 is 1.24 bits per heavy atom. The third-order valence-corrected chi connectivity index (χ3v) is 2.55. The van der Waals surface area contributed by atoms with Gasteiger partial charge in [-0.1, -0.05) is 36.4 Å². The van der Waals surface area contributed by atoms with Gasteiger partial charge < -0.3 is 0 Å². The molecule has 0 saturated carbocycles. The van der Waals surface area contributed by atoms with Gasteiger partial charge in [0.2, 0.25) is 0 Å². The van der Waals surface area contributed by atoms with Crippen molar-refractivity contribution in [3.05, 3.63) is 60.7 Å². The number of para-hydroxylation sites is 2. The summed E-state index contributed by atoms with van der Waals surface area (Å²) in [7, 11) is 3.62. The summed E-state index contributed by atoms with van der Waals surface area (Å²) in [6.07, 6.45) is 0. The highest BCUT2D eigenvalue weighted by atomic mass is 16.7. The van der Waals surface area contributed by atoms with Crippen LogP contribution in [0.15, 0.2) is 60.7 Å². The van der Waals surface area contributed by atoms with Gasteiger partial charge in [0.1, 0.15) is 0 Å². The summed E-state index contributed by atoms with van der Waals surface area (Å²) in [6.45, 7) is 0. The predicted octanol–water partition coefficient (Wildman–Crippen LogP) is 3.11. The normalized spacial score (nSPS) is 10.0. The second-order valence-electron chi connectivity index (χ2n) is 3.65. The lowest BCUT2D eigenvalue weighted by atomic mass is 10.3. The van der Waals surface area contributed by atoms with Crippen LogP contribution in [0.5, 0.6) is 0 Å². The van der Waals surface area contributed by atoms with E-state index in [0.29, 0.717) is 0 Å². The molecule has 0 saturated heterocycles. The first-order valence-corrected chi connectivity index (χ1v) is 5.51. The van der Waals surface area contributed by atoms with Crippen molar-refractivity contribution in [1.82, 2.24) is 0 Å². The van der Waals surface area contributed by atoms with E-state index in [4.69, 9.17) is 4.84 Å². The van der Waals surface area contributed by atoms with Crippen LogP contribution in [-0.4, -0.2) is 14.2 Å². The number of anilines is 2. The standard InChI is InChI=1S/C14H16N2O/c1-15(13-9-5-3-6-10-13)16(17-2)14-11-7-4-8-12-14/h3-12H,1-2H3. The van der Waals surface area contributed by atoms with Crippen molar-refractivity contribution < 1.29 is 4.84 Å². The fraction of sp³-hybridized carbons (Fsp3) is 0.143. The van der Waals surface area contributed by atoms with Crippen molar-refractivity contribution in [3.8, 4) is 0 Å². The third kappa shape index (κ3) is 2.57. The first-order chi connectivity index (χ1) is 8.33. The molecule has 0 fully saturated rings. The maximum absolute atomic E-state index is 5.41. The summed E-state index contributed by atoms with van der Waals surface area (Å²) in [5.74, 6) is 0. The van der Waals surface area contributed by atoms with Crippen LogP contribution in [0.25, 0.3) is 0 Å². The lowest BCUT2D eigenvalue weighted by Crippen LogP contribution is -2.39. The molecule has 88 valence electrons. The zero-order valence-electron chi connectivity index (χ0n) is 10.1. The Kier molecular flexibility index (Phi) is 3.62. The predicted molar refractivity (Wildman–Crippen MR) is 70.8 cm³/mol. The number of rotatable bonds is 4. The highest BCUT2D eigenvalue weighted by molar-refractivity contribution is 5.54. The second kappa shape index (κ2) is 5.37. The van der Waals surface area contributed by atoms with E-state index >= 15 is 0 Å². The maximum Gasteiger partial charge on any atom is 0.0880 e. The molecule has 3 heteroatoms. The Morgan fingerprint density at radius 3 is 1.71 bits per heavy atom. The van der Waals surface area contributed by atoms with Gasteiger partial charge in [0.25, 0.3) is 0 Å². The van der Waals surface area contributed by atoms with Crippen LogP contribution in [0.1, 0.15) is 0 Å². The topological polar surface area (TPSA) is 15.7 Å². The van der Waals surface area contributed by atoms with E-state index in [9.17, 15) is 0 Å². The van der Waals surface area contributed by atoms with Crippen molar-refractivity contribution in [1.29, 1.82) is 0 Å². The average Bonchev–Trinajstić information content (AvgIpc) is 2.42. The molecule has 0 aliphatic carbocycles. The van der Waals surface area contributed by atoms with E-state index in [1.54, 1.807) is 12.3 Å². The number of hydrogen-bond donors (Lipinski definition) is 0. The van der Waals surface area contributed by atoms with Crippen molar-refractivity contribution in [2.24, 2.45) is 0 Å². The number of benzene rings is 2. The molecule has 2 aromatic rings. The molecular formula is C14H16N2O. The van der Waals surface area contributed by atoms with Crippen molar-refractivity contribution >= 4 is 11.4 Å². The molecule has 0 heterocycles. The van der Waals surface area contributed by atoms with Crippen LogP contribution >= 0.6 is 0 Å². The van der Waals surface area contributed by atoms with Crippen LogP contribution < -0.4 is 10.2 Å². The zero-order valence-corrected chi connectivity index (χ0v) is 10.1. The zero-order chi connectivity index (χ0) is 12.1. The fourth-order valence-corrected chi connectivity index (χ4v) is 1.71. The molecular weight excluding hydrogens is 212 g/mol. The quantitative estimate of drug-likeness (QED) is 0.748. The van der Waals surface area contributed by atoms with Gasteiger partial charge in [0, 0.05) is 7.05 Å². The highest BCUT2D eigenvalue weighted by Gasteiger charge is 2.11. The Bertz CT molecular complexity index is 444. The first kappa shape index (κ1) is 11.5. The highest BCUT2D eigenvalue weighted by Crippen LogP contribution is 2.20. The number of hydrogen-bond acceptors (Lipinski definition) is 3. The molecule has 0 unspecified atom stereocenters. The van der Waals surface area contributed by atoms with Gasteiger partial charge in [-0.25, -0.2) is 0 Å². The number of nitrogens with zero attached hydrogens (tertiary/aromatic N) is 2. The Morgan fingerprint density at radius 1 is 0.765 bits per heavy atom. The van der Waals surface area contributed by atoms with E-state index in [1.165, 1.54) is 0 Å². The van der Waals surface area contributed by atoms with Crippen molar-refractivity contribution in [2.45, 2.75) is 0 Å². The Balaban J connectivity index is 2.25. The van der Waals surface area contributed by atoms with Crippen LogP contribution in [-0.2, 0) is 4.84 Å². The molecule has 17 heavy (non-hydrogen) atoms. The molecule has 0 amide bonds. The summed E-state index contributed by atoms with van der Waals surface area (Å²) in [5.41, 5.74) is 2.06. The summed E-state index contributed by atoms with van der Waals surface area (Å²) < 4.78 is 0. The van der Waals surface area contributed by atoms with Gasteiger partial charge in [0.15, 0.2) is 0 Å². The molecule has 0 radical (unpaired) electrons. The van der Waals surface area contributed by atoms with Crippen molar-refractivity contribution in [2.75, 3.05) is 24.3 Å². The first-order valence-electron chi connectivity index (χ1n) is 5.51. The summed E-state index contributed by atoms with van der Waals surface area (Å²) >= 11 is 0. The molecule has 2 rings (SSSR count). The SMILES string of the molecule is CON(c1ccccc1)N(C)c1ccccc1. The fourth-order valence-electron chi connectivity index (χ4n) is 1.71. The Labute approximate surface area is 102 Å². The van der Waals surface area contributed by atoms with Crippen molar-refractivity contribution in [3.63, 3.8) is 0 Å². The summed E-state index contributed by atoms with van der Waals surface area (Å²) in [4.78, 5) is 5.41. The molecule has 3 nitrogen and oxygen atoms in total. The third-order valence-electron chi connectivity index (χ3n) is 2.55. The Hall–Kier alpha value is -2.00. The molecule has 0 aromatic heterocycles. The minimum absolute atomic E-state index is 0.987. The van der Waals surface area contributed by atoms with Gasteiger partial charge in [-0.15, -0.1) is 0 Å². The lowest BCUT2D eigenvalue weighted by molar-refractivity contribution is 0.163. The van der Waals surface area contributed by atoms with Crippen LogP contribution in [0.2, 0.25) is 0 Å². The van der Waals surface area contributed by atoms with Gasteiger partial charge in [0.05, 0.1) is 18.5 Å². The monoisotopic (exact) mass is 228 g/mol. The lowest BCUT2D eigenvalue weighted by Gasteiger charge is -2.32. The minimum atomic E-state index is 0.987. The van der Waals surface area contributed by atoms with Gasteiger partial charge >= 0.3 is 0 Å². The van der Waals surface area contributed by atoms with Crippen LogP contribution in [0.3, 0.4) is 0 Å². The molecule has 0 N–H and O–H groups in total. The summed E-state index contributed by atoms with van der Waals surface area (Å²) in [5, 5.41) is 3.70. The second-order valence-corrected chi connectivity index (χ2v) is 3.65. The van der Waals surface area contributed by atoms with Crippen LogP contribution in [0.4, 0.5) is 11.4 Å².